The van der Waals surface area contributed by atoms with Crippen LogP contribution in [0.15, 0.2) is 23.6 Å². The van der Waals surface area contributed by atoms with E-state index in [1.54, 1.807) is 11.3 Å². The fraction of sp³-hybridized carbons (Fsp3) is 0.400. The Morgan fingerprint density at radius 3 is 2.79 bits per heavy atom. The molecule has 4 heteroatoms. The van der Waals surface area contributed by atoms with Gasteiger partial charge in [0.1, 0.15) is 12.4 Å². The van der Waals surface area contributed by atoms with Gasteiger partial charge in [-0.15, -0.1) is 11.3 Å². The van der Waals surface area contributed by atoms with Crippen molar-refractivity contribution in [2.75, 3.05) is 0 Å². The van der Waals surface area contributed by atoms with Crippen molar-refractivity contribution in [3.63, 3.8) is 0 Å². The molecule has 3 nitrogen and oxygen atoms in total. The van der Waals surface area contributed by atoms with Crippen LogP contribution in [0.4, 0.5) is 0 Å². The van der Waals surface area contributed by atoms with E-state index in [0.717, 1.165) is 28.4 Å². The number of benzene rings is 1. The summed E-state index contributed by atoms with van der Waals surface area (Å²) in [6, 6.07) is 6.32. The lowest BCUT2D eigenvalue weighted by Crippen LogP contribution is -2.18. The quantitative estimate of drug-likeness (QED) is 0.912. The molecule has 1 aromatic heterocycles. The third kappa shape index (κ3) is 3.78. The van der Waals surface area contributed by atoms with Gasteiger partial charge in [-0.2, -0.15) is 0 Å². The summed E-state index contributed by atoms with van der Waals surface area (Å²) >= 11 is 1.65. The molecule has 0 fully saturated rings. The standard InChI is InChI=1S/C15H20N2OS/c1-10-5-4-6-13(7-11(2)16)15(10)18-8-14-9-19-12(3)17-14/h4-6,9,11H,7-8,16H2,1-3H3. The lowest BCUT2D eigenvalue weighted by molar-refractivity contribution is 0.296. The van der Waals surface area contributed by atoms with Crippen LogP contribution in [0.25, 0.3) is 0 Å². The Bertz CT molecular complexity index is 549. The predicted octanol–water partition coefficient (Wildman–Crippen LogP) is 3.23. The number of rotatable bonds is 5. The normalized spacial score (nSPS) is 12.4. The Morgan fingerprint density at radius 1 is 1.37 bits per heavy atom. The molecule has 19 heavy (non-hydrogen) atoms. The molecule has 102 valence electrons. The number of thiazole rings is 1. The molecule has 0 bridgehead atoms. The Balaban J connectivity index is 2.14. The fourth-order valence-corrected chi connectivity index (χ4v) is 2.65. The molecule has 0 amide bonds. The van der Waals surface area contributed by atoms with Crippen LogP contribution in [0, 0.1) is 13.8 Å². The zero-order chi connectivity index (χ0) is 13.8. The van der Waals surface area contributed by atoms with Crippen molar-refractivity contribution in [3.05, 3.63) is 45.4 Å². The number of hydrogen-bond acceptors (Lipinski definition) is 4. The minimum absolute atomic E-state index is 0.130. The van der Waals surface area contributed by atoms with Crippen LogP contribution in [-0.4, -0.2) is 11.0 Å². The molecule has 0 saturated carbocycles. The number of aryl methyl sites for hydroxylation is 2. The lowest BCUT2D eigenvalue weighted by atomic mass is 10.0. The fourth-order valence-electron chi connectivity index (χ4n) is 2.05. The van der Waals surface area contributed by atoms with Gasteiger partial charge in [-0.05, 0) is 38.3 Å². The van der Waals surface area contributed by atoms with Crippen molar-refractivity contribution < 1.29 is 4.74 Å². The van der Waals surface area contributed by atoms with E-state index >= 15 is 0 Å². The SMILES string of the molecule is Cc1nc(COc2c(C)cccc2CC(C)N)cs1. The van der Waals surface area contributed by atoms with Gasteiger partial charge in [0.2, 0.25) is 0 Å². The topological polar surface area (TPSA) is 48.1 Å². The molecular weight excluding hydrogens is 256 g/mol. The third-order valence-corrected chi connectivity index (χ3v) is 3.69. The number of aromatic nitrogens is 1. The van der Waals surface area contributed by atoms with E-state index in [4.69, 9.17) is 10.5 Å². The Hall–Kier alpha value is -1.39. The number of hydrogen-bond donors (Lipinski definition) is 1. The maximum Gasteiger partial charge on any atom is 0.131 e. The van der Waals surface area contributed by atoms with E-state index in [1.165, 1.54) is 5.56 Å². The highest BCUT2D eigenvalue weighted by Crippen LogP contribution is 2.25. The van der Waals surface area contributed by atoms with Gasteiger partial charge in [0.05, 0.1) is 10.7 Å². The molecule has 0 aliphatic heterocycles. The van der Waals surface area contributed by atoms with Gasteiger partial charge >= 0.3 is 0 Å². The highest BCUT2D eigenvalue weighted by atomic mass is 32.1. The Kier molecular flexibility index (Phi) is 4.56. The van der Waals surface area contributed by atoms with Crippen molar-refractivity contribution in [1.29, 1.82) is 0 Å². The van der Waals surface area contributed by atoms with Crippen molar-refractivity contribution in [1.82, 2.24) is 4.98 Å². The molecule has 1 atom stereocenters. The lowest BCUT2D eigenvalue weighted by Gasteiger charge is -2.14. The van der Waals surface area contributed by atoms with Gasteiger partial charge in [-0.25, -0.2) is 4.98 Å². The highest BCUT2D eigenvalue weighted by Gasteiger charge is 2.10. The van der Waals surface area contributed by atoms with E-state index in [0.29, 0.717) is 6.61 Å². The van der Waals surface area contributed by atoms with Gasteiger partial charge in [0.25, 0.3) is 0 Å². The number of para-hydroxylation sites is 1. The van der Waals surface area contributed by atoms with Crippen LogP contribution in [-0.2, 0) is 13.0 Å². The monoisotopic (exact) mass is 276 g/mol. The summed E-state index contributed by atoms with van der Waals surface area (Å²) in [6.45, 7) is 6.59. The Morgan fingerprint density at radius 2 is 2.16 bits per heavy atom. The van der Waals surface area contributed by atoms with E-state index in [1.807, 2.05) is 25.3 Å². The molecule has 0 radical (unpaired) electrons. The summed E-state index contributed by atoms with van der Waals surface area (Å²) in [6.07, 6.45) is 0.826. The first-order valence-corrected chi connectivity index (χ1v) is 7.32. The molecule has 1 heterocycles. The average molecular weight is 276 g/mol. The first-order valence-electron chi connectivity index (χ1n) is 6.44. The van der Waals surface area contributed by atoms with Crippen LogP contribution >= 0.6 is 11.3 Å². The van der Waals surface area contributed by atoms with Crippen LogP contribution in [0.3, 0.4) is 0 Å². The van der Waals surface area contributed by atoms with Crippen LogP contribution in [0.1, 0.15) is 28.8 Å². The van der Waals surface area contributed by atoms with Crippen molar-refractivity contribution in [2.45, 2.75) is 39.8 Å². The molecule has 0 aliphatic rings. The van der Waals surface area contributed by atoms with Crippen molar-refractivity contribution >= 4 is 11.3 Å². The van der Waals surface area contributed by atoms with E-state index in [-0.39, 0.29) is 6.04 Å². The molecule has 2 N–H and O–H groups in total. The van der Waals surface area contributed by atoms with E-state index in [9.17, 15) is 0 Å². The molecule has 2 rings (SSSR count). The molecule has 0 saturated heterocycles. The molecule has 1 unspecified atom stereocenters. The van der Waals surface area contributed by atoms with Gasteiger partial charge in [0, 0.05) is 11.4 Å². The molecule has 1 aromatic carbocycles. The van der Waals surface area contributed by atoms with Crippen LogP contribution < -0.4 is 10.5 Å². The summed E-state index contributed by atoms with van der Waals surface area (Å²) < 4.78 is 5.96. The zero-order valence-electron chi connectivity index (χ0n) is 11.6. The summed E-state index contributed by atoms with van der Waals surface area (Å²) in [5, 5.41) is 3.11. The Labute approximate surface area is 118 Å². The van der Waals surface area contributed by atoms with E-state index in [2.05, 4.69) is 24.0 Å². The highest BCUT2D eigenvalue weighted by molar-refractivity contribution is 7.09. The summed E-state index contributed by atoms with van der Waals surface area (Å²) in [7, 11) is 0. The van der Waals surface area contributed by atoms with Crippen molar-refractivity contribution in [3.8, 4) is 5.75 Å². The van der Waals surface area contributed by atoms with Crippen molar-refractivity contribution in [2.24, 2.45) is 5.73 Å². The molecule has 2 aromatic rings. The molecule has 0 spiro atoms. The zero-order valence-corrected chi connectivity index (χ0v) is 12.5. The maximum absolute atomic E-state index is 5.96. The minimum atomic E-state index is 0.130. The van der Waals surface area contributed by atoms with E-state index < -0.39 is 0 Å². The number of nitrogens with two attached hydrogens (primary N) is 1. The van der Waals surface area contributed by atoms with Crippen LogP contribution in [0.5, 0.6) is 5.75 Å². The van der Waals surface area contributed by atoms with Gasteiger partial charge in [-0.1, -0.05) is 18.2 Å². The van der Waals surface area contributed by atoms with Gasteiger partial charge in [-0.3, -0.25) is 0 Å². The smallest absolute Gasteiger partial charge is 0.131 e. The third-order valence-electron chi connectivity index (χ3n) is 2.87. The first kappa shape index (κ1) is 14.0. The van der Waals surface area contributed by atoms with Gasteiger partial charge < -0.3 is 10.5 Å². The number of nitrogens with zero attached hydrogens (tertiary/aromatic N) is 1. The predicted molar refractivity (Wildman–Crippen MR) is 79.7 cm³/mol. The van der Waals surface area contributed by atoms with Crippen LogP contribution in [0.2, 0.25) is 0 Å². The largest absolute Gasteiger partial charge is 0.487 e. The summed E-state index contributed by atoms with van der Waals surface area (Å²) in [5.74, 6) is 0.949. The molecular formula is C15H20N2OS. The first-order chi connectivity index (χ1) is 9.06. The summed E-state index contributed by atoms with van der Waals surface area (Å²) in [5.41, 5.74) is 9.18. The van der Waals surface area contributed by atoms with Gasteiger partial charge in [0.15, 0.2) is 0 Å². The number of ether oxygens (including phenoxy) is 1. The second kappa shape index (κ2) is 6.17. The minimum Gasteiger partial charge on any atom is -0.487 e. The maximum atomic E-state index is 5.96. The second-order valence-corrected chi connectivity index (χ2v) is 5.95. The average Bonchev–Trinajstić information content (AvgIpc) is 2.73. The second-order valence-electron chi connectivity index (χ2n) is 4.89. The molecule has 0 aliphatic carbocycles. The summed E-state index contributed by atoms with van der Waals surface area (Å²) in [4.78, 5) is 4.41.